The molecule has 0 saturated carbocycles. The summed E-state index contributed by atoms with van der Waals surface area (Å²) in [7, 11) is 0. The molecule has 0 bridgehead atoms. The number of phenolic OH excluding ortho intramolecular Hbond substituents is 1. The van der Waals surface area contributed by atoms with E-state index in [4.69, 9.17) is 9.72 Å². The highest BCUT2D eigenvalue weighted by Crippen LogP contribution is 2.43. The first kappa shape index (κ1) is 19.2. The third kappa shape index (κ3) is 3.75. The Labute approximate surface area is 173 Å². The number of aromatic hydroxyl groups is 1. The van der Waals surface area contributed by atoms with Gasteiger partial charge in [0.2, 0.25) is 0 Å². The molecule has 0 radical (unpaired) electrons. The van der Waals surface area contributed by atoms with Gasteiger partial charge >= 0.3 is 6.09 Å². The second kappa shape index (κ2) is 8.11. The fraction of sp³-hybridized carbons (Fsp3) is 0.455. The van der Waals surface area contributed by atoms with Crippen LogP contribution in [0.2, 0.25) is 0 Å². The predicted octanol–water partition coefficient (Wildman–Crippen LogP) is 4.65. The van der Waals surface area contributed by atoms with Crippen molar-refractivity contribution in [3.8, 4) is 5.75 Å². The third-order valence-corrected chi connectivity index (χ3v) is 6.36. The number of piperidine rings is 1. The van der Waals surface area contributed by atoms with Crippen molar-refractivity contribution >= 4 is 22.0 Å². The lowest BCUT2D eigenvalue weighted by atomic mass is 9.76. The second-order valence-corrected chi connectivity index (χ2v) is 8.50. The average molecular weight is 445 g/mol. The SMILES string of the molecule is CCOC(=O)N1CCC(C2c3ccc(O)cc3CCc3cc(Br)cnc32)CC1. The minimum atomic E-state index is -0.213. The Balaban J connectivity index is 1.67. The van der Waals surface area contributed by atoms with E-state index in [2.05, 4.69) is 28.1 Å². The number of benzene rings is 1. The maximum absolute atomic E-state index is 12.1. The summed E-state index contributed by atoms with van der Waals surface area (Å²) in [6.45, 7) is 3.66. The van der Waals surface area contributed by atoms with Gasteiger partial charge in [-0.15, -0.1) is 0 Å². The Hall–Kier alpha value is -2.08. The van der Waals surface area contributed by atoms with E-state index in [1.165, 1.54) is 16.7 Å². The van der Waals surface area contributed by atoms with E-state index >= 15 is 0 Å². The first-order valence-electron chi connectivity index (χ1n) is 9.94. The number of carbonyl (C=O) groups excluding carboxylic acids is 1. The van der Waals surface area contributed by atoms with Crippen molar-refractivity contribution in [2.24, 2.45) is 5.92 Å². The van der Waals surface area contributed by atoms with Crippen LogP contribution in [0, 0.1) is 5.92 Å². The van der Waals surface area contributed by atoms with Gasteiger partial charge in [-0.1, -0.05) is 6.07 Å². The lowest BCUT2D eigenvalue weighted by Gasteiger charge is -2.36. The summed E-state index contributed by atoms with van der Waals surface area (Å²) in [5, 5.41) is 10.0. The molecule has 1 N–H and O–H groups in total. The topological polar surface area (TPSA) is 62.7 Å². The van der Waals surface area contributed by atoms with Gasteiger partial charge in [0.15, 0.2) is 0 Å². The van der Waals surface area contributed by atoms with Crippen molar-refractivity contribution in [2.75, 3.05) is 19.7 Å². The van der Waals surface area contributed by atoms with Gasteiger partial charge in [0.25, 0.3) is 0 Å². The molecule has 1 aliphatic carbocycles. The number of hydrogen-bond acceptors (Lipinski definition) is 4. The summed E-state index contributed by atoms with van der Waals surface area (Å²) in [5.41, 5.74) is 4.87. The van der Waals surface area contributed by atoms with Crippen molar-refractivity contribution in [2.45, 2.75) is 38.5 Å². The number of phenols is 1. The van der Waals surface area contributed by atoms with Crippen molar-refractivity contribution < 1.29 is 14.6 Å². The Morgan fingerprint density at radius 3 is 2.75 bits per heavy atom. The van der Waals surface area contributed by atoms with Gasteiger partial charge < -0.3 is 14.7 Å². The quantitative estimate of drug-likeness (QED) is 0.731. The van der Waals surface area contributed by atoms with Gasteiger partial charge in [0.1, 0.15) is 5.75 Å². The maximum Gasteiger partial charge on any atom is 0.409 e. The minimum Gasteiger partial charge on any atom is -0.508 e. The molecule has 28 heavy (non-hydrogen) atoms. The van der Waals surface area contributed by atoms with Crippen LogP contribution in [0.15, 0.2) is 34.9 Å². The fourth-order valence-electron chi connectivity index (χ4n) is 4.61. The van der Waals surface area contributed by atoms with E-state index < -0.39 is 0 Å². The molecule has 1 amide bonds. The minimum absolute atomic E-state index is 0.186. The molecule has 5 nitrogen and oxygen atoms in total. The van der Waals surface area contributed by atoms with Crippen LogP contribution in [0.25, 0.3) is 0 Å². The molecule has 6 heteroatoms. The van der Waals surface area contributed by atoms with Gasteiger partial charge in [0.05, 0.1) is 12.3 Å². The van der Waals surface area contributed by atoms with Gasteiger partial charge in [0, 0.05) is 29.7 Å². The molecule has 1 atom stereocenters. The number of aryl methyl sites for hydroxylation is 2. The first-order chi connectivity index (χ1) is 13.6. The number of halogens is 1. The van der Waals surface area contributed by atoms with Crippen LogP contribution in [-0.2, 0) is 17.6 Å². The van der Waals surface area contributed by atoms with Crippen molar-refractivity contribution in [3.63, 3.8) is 0 Å². The van der Waals surface area contributed by atoms with Crippen LogP contribution in [0.4, 0.5) is 4.79 Å². The average Bonchev–Trinajstić information content (AvgIpc) is 2.84. The van der Waals surface area contributed by atoms with E-state index in [-0.39, 0.29) is 12.0 Å². The Morgan fingerprint density at radius 2 is 2.00 bits per heavy atom. The number of ether oxygens (including phenoxy) is 1. The molecule has 1 fully saturated rings. The number of carbonyl (C=O) groups is 1. The highest BCUT2D eigenvalue weighted by atomic mass is 79.9. The lowest BCUT2D eigenvalue weighted by Crippen LogP contribution is -2.40. The number of likely N-dealkylation sites (tertiary alicyclic amines) is 1. The summed E-state index contributed by atoms with van der Waals surface area (Å²) in [4.78, 5) is 18.7. The maximum atomic E-state index is 12.1. The van der Waals surface area contributed by atoms with E-state index in [1.807, 2.05) is 24.1 Å². The fourth-order valence-corrected chi connectivity index (χ4v) is 4.99. The molecular weight excluding hydrogens is 420 g/mol. The number of rotatable bonds is 2. The summed E-state index contributed by atoms with van der Waals surface area (Å²) >= 11 is 3.56. The molecule has 2 aromatic rings. The van der Waals surface area contributed by atoms with Crippen molar-refractivity contribution in [1.82, 2.24) is 9.88 Å². The summed E-state index contributed by atoms with van der Waals surface area (Å²) in [6, 6.07) is 7.92. The highest BCUT2D eigenvalue weighted by molar-refractivity contribution is 9.10. The molecule has 2 aliphatic rings. The number of amides is 1. The van der Waals surface area contributed by atoms with E-state index in [9.17, 15) is 9.90 Å². The zero-order chi connectivity index (χ0) is 19.7. The molecule has 2 heterocycles. The number of pyridine rings is 1. The molecule has 4 rings (SSSR count). The summed E-state index contributed by atoms with van der Waals surface area (Å²) < 4.78 is 6.16. The van der Waals surface area contributed by atoms with Gasteiger partial charge in [-0.2, -0.15) is 0 Å². The Kier molecular flexibility index (Phi) is 5.58. The second-order valence-electron chi connectivity index (χ2n) is 7.58. The van der Waals surface area contributed by atoms with Crippen molar-refractivity contribution in [1.29, 1.82) is 0 Å². The van der Waals surface area contributed by atoms with E-state index in [0.717, 1.165) is 35.8 Å². The summed E-state index contributed by atoms with van der Waals surface area (Å²) in [5.74, 6) is 0.903. The lowest BCUT2D eigenvalue weighted by molar-refractivity contribution is 0.0900. The van der Waals surface area contributed by atoms with Crippen LogP contribution in [0.3, 0.4) is 0 Å². The zero-order valence-electron chi connectivity index (χ0n) is 16.0. The zero-order valence-corrected chi connectivity index (χ0v) is 17.6. The molecule has 1 aromatic carbocycles. The molecule has 0 spiro atoms. The normalized spacial score (nSPS) is 19.5. The summed E-state index contributed by atoms with van der Waals surface area (Å²) in [6.07, 6.45) is 5.31. The number of hydrogen-bond donors (Lipinski definition) is 1. The van der Waals surface area contributed by atoms with Gasteiger partial charge in [-0.05, 0) is 89.3 Å². The Bertz CT molecular complexity index is 825. The van der Waals surface area contributed by atoms with Crippen LogP contribution in [0.5, 0.6) is 5.75 Å². The predicted molar refractivity (Wildman–Crippen MR) is 111 cm³/mol. The molecule has 1 saturated heterocycles. The van der Waals surface area contributed by atoms with Crippen LogP contribution in [0.1, 0.15) is 48.1 Å². The first-order valence-corrected chi connectivity index (χ1v) is 10.7. The van der Waals surface area contributed by atoms with Gasteiger partial charge in [-0.3, -0.25) is 4.98 Å². The smallest absolute Gasteiger partial charge is 0.409 e. The van der Waals surface area contributed by atoms with Crippen LogP contribution >= 0.6 is 15.9 Å². The number of fused-ring (bicyclic) bond motifs is 2. The molecule has 148 valence electrons. The van der Waals surface area contributed by atoms with Crippen molar-refractivity contribution in [3.05, 3.63) is 57.3 Å². The monoisotopic (exact) mass is 444 g/mol. The standard InChI is InChI=1S/C22H25BrN2O3/c1-2-28-22(27)25-9-7-14(8-10-25)20-19-6-5-18(26)12-15(19)3-4-16-11-17(23)13-24-21(16)20/h5-6,11-14,20,26H,2-4,7-10H2,1H3. The molecule has 1 unspecified atom stereocenters. The highest BCUT2D eigenvalue weighted by Gasteiger charge is 2.35. The van der Waals surface area contributed by atoms with E-state index in [1.54, 1.807) is 6.07 Å². The third-order valence-electron chi connectivity index (χ3n) is 5.92. The van der Waals surface area contributed by atoms with Gasteiger partial charge in [-0.25, -0.2) is 4.79 Å². The molecule has 1 aromatic heterocycles. The number of aromatic nitrogens is 1. The number of nitrogens with zero attached hydrogens (tertiary/aromatic N) is 2. The molecule has 1 aliphatic heterocycles. The van der Waals surface area contributed by atoms with Crippen LogP contribution in [-0.4, -0.2) is 40.8 Å². The largest absolute Gasteiger partial charge is 0.508 e. The molecular formula is C22H25BrN2O3. The van der Waals surface area contributed by atoms with Crippen LogP contribution < -0.4 is 0 Å². The Morgan fingerprint density at radius 1 is 1.25 bits per heavy atom. The van der Waals surface area contributed by atoms with E-state index in [0.29, 0.717) is 31.4 Å².